The molecule has 0 aliphatic carbocycles. The third-order valence-electron chi connectivity index (χ3n) is 4.95. The number of anilines is 3. The number of hydrogen-bond acceptors (Lipinski definition) is 7. The lowest BCUT2D eigenvalue weighted by molar-refractivity contribution is 0.838. The summed E-state index contributed by atoms with van der Waals surface area (Å²) in [6.07, 6.45) is 6.58. The van der Waals surface area contributed by atoms with Crippen LogP contribution in [-0.2, 0) is 0 Å². The molecule has 1 aromatic carbocycles. The number of nitrogens with one attached hydrogen (secondary N) is 1. The van der Waals surface area contributed by atoms with E-state index in [2.05, 4.69) is 43.3 Å². The number of benzene rings is 1. The first-order valence-electron chi connectivity index (χ1n) is 9.40. The van der Waals surface area contributed by atoms with Gasteiger partial charge in [-0.15, -0.1) is 0 Å². The fraction of sp³-hybridized carbons (Fsp3) is 0.474. The van der Waals surface area contributed by atoms with E-state index in [0.717, 1.165) is 43.6 Å². The topological polar surface area (TPSA) is 69.5 Å². The van der Waals surface area contributed by atoms with Gasteiger partial charge in [-0.2, -0.15) is 20.1 Å². The molecule has 0 bridgehead atoms. The second-order valence-electron chi connectivity index (χ2n) is 6.87. The summed E-state index contributed by atoms with van der Waals surface area (Å²) >= 11 is 0. The molecule has 2 saturated heterocycles. The normalized spacial score (nSPS) is 17.4. The Balaban J connectivity index is 1.56. The van der Waals surface area contributed by atoms with Gasteiger partial charge in [-0.25, -0.2) is 5.43 Å². The van der Waals surface area contributed by atoms with Crippen molar-refractivity contribution in [2.45, 2.75) is 32.6 Å². The van der Waals surface area contributed by atoms with E-state index in [9.17, 15) is 0 Å². The monoisotopic (exact) mass is 351 g/mol. The van der Waals surface area contributed by atoms with Crippen molar-refractivity contribution in [3.05, 3.63) is 35.4 Å². The summed E-state index contributed by atoms with van der Waals surface area (Å²) < 4.78 is 0. The first-order valence-corrected chi connectivity index (χ1v) is 9.40. The molecule has 0 saturated carbocycles. The van der Waals surface area contributed by atoms with Gasteiger partial charge in [-0.05, 0) is 43.7 Å². The van der Waals surface area contributed by atoms with Gasteiger partial charge in [-0.1, -0.05) is 24.3 Å². The molecule has 136 valence electrons. The highest BCUT2D eigenvalue weighted by atomic mass is 15.4. The maximum absolute atomic E-state index is 4.72. The SMILES string of the molecule is Cc1ccccc1/C=N\Nc1nc(N2CCCC2)nc(N2CCCC2)n1. The number of aromatic nitrogens is 3. The molecule has 7 nitrogen and oxygen atoms in total. The van der Waals surface area contributed by atoms with E-state index in [1.54, 1.807) is 0 Å². The Morgan fingerprint density at radius 2 is 1.46 bits per heavy atom. The molecular weight excluding hydrogens is 326 g/mol. The van der Waals surface area contributed by atoms with Crippen LogP contribution >= 0.6 is 0 Å². The minimum Gasteiger partial charge on any atom is -0.341 e. The molecule has 1 N–H and O–H groups in total. The maximum atomic E-state index is 4.72. The predicted octanol–water partition coefficient (Wildman–Crippen LogP) is 2.83. The summed E-state index contributed by atoms with van der Waals surface area (Å²) in [7, 11) is 0. The molecule has 0 unspecified atom stereocenters. The number of hydrogen-bond donors (Lipinski definition) is 1. The van der Waals surface area contributed by atoms with Crippen LogP contribution in [0.2, 0.25) is 0 Å². The Kier molecular flexibility index (Phi) is 4.95. The number of nitrogens with zero attached hydrogens (tertiary/aromatic N) is 6. The Bertz CT molecular complexity index is 743. The zero-order chi connectivity index (χ0) is 17.8. The smallest absolute Gasteiger partial charge is 0.250 e. The Labute approximate surface area is 154 Å². The molecule has 0 amide bonds. The second-order valence-corrected chi connectivity index (χ2v) is 6.87. The van der Waals surface area contributed by atoms with Crippen LogP contribution in [-0.4, -0.2) is 47.3 Å². The first kappa shape index (κ1) is 16.8. The molecule has 1 aromatic heterocycles. The van der Waals surface area contributed by atoms with Gasteiger partial charge >= 0.3 is 0 Å². The van der Waals surface area contributed by atoms with E-state index in [1.165, 1.54) is 31.2 Å². The van der Waals surface area contributed by atoms with Gasteiger partial charge in [0.15, 0.2) is 0 Å². The molecular formula is C19H25N7. The van der Waals surface area contributed by atoms with Gasteiger partial charge < -0.3 is 9.80 Å². The fourth-order valence-electron chi connectivity index (χ4n) is 3.41. The van der Waals surface area contributed by atoms with Crippen molar-refractivity contribution in [3.63, 3.8) is 0 Å². The van der Waals surface area contributed by atoms with E-state index >= 15 is 0 Å². The van der Waals surface area contributed by atoms with E-state index < -0.39 is 0 Å². The highest BCUT2D eigenvalue weighted by Gasteiger charge is 2.21. The third kappa shape index (κ3) is 3.76. The molecule has 0 atom stereocenters. The standard InChI is InChI=1S/C19H25N7/c1-15-8-2-3-9-16(15)14-20-24-17-21-18(25-10-4-5-11-25)23-19(22-17)26-12-6-7-13-26/h2-3,8-9,14H,4-7,10-13H2,1H3,(H,21,22,23,24)/b20-14-. The van der Waals surface area contributed by atoms with E-state index in [0.29, 0.717) is 5.95 Å². The Morgan fingerprint density at radius 3 is 2.04 bits per heavy atom. The average molecular weight is 351 g/mol. The summed E-state index contributed by atoms with van der Waals surface area (Å²) in [6.45, 7) is 6.11. The molecule has 0 radical (unpaired) electrons. The minimum absolute atomic E-state index is 0.508. The van der Waals surface area contributed by atoms with Crippen molar-refractivity contribution in [1.29, 1.82) is 0 Å². The summed E-state index contributed by atoms with van der Waals surface area (Å²) in [5.41, 5.74) is 5.26. The van der Waals surface area contributed by atoms with Crippen LogP contribution in [0.4, 0.5) is 17.8 Å². The van der Waals surface area contributed by atoms with E-state index in [4.69, 9.17) is 4.98 Å². The van der Waals surface area contributed by atoms with Crippen molar-refractivity contribution in [2.24, 2.45) is 5.10 Å². The highest BCUT2D eigenvalue weighted by molar-refractivity contribution is 5.81. The third-order valence-corrected chi connectivity index (χ3v) is 4.95. The molecule has 7 heteroatoms. The van der Waals surface area contributed by atoms with Gasteiger partial charge in [0.2, 0.25) is 17.8 Å². The van der Waals surface area contributed by atoms with Crippen LogP contribution in [0.25, 0.3) is 0 Å². The largest absolute Gasteiger partial charge is 0.341 e. The Hall–Kier alpha value is -2.70. The van der Waals surface area contributed by atoms with Crippen LogP contribution in [0, 0.1) is 6.92 Å². The zero-order valence-electron chi connectivity index (χ0n) is 15.2. The summed E-state index contributed by atoms with van der Waals surface area (Å²) in [4.78, 5) is 18.4. The fourth-order valence-corrected chi connectivity index (χ4v) is 3.41. The molecule has 2 fully saturated rings. The van der Waals surface area contributed by atoms with Crippen molar-refractivity contribution in [3.8, 4) is 0 Å². The van der Waals surface area contributed by atoms with E-state index in [-0.39, 0.29) is 0 Å². The first-order chi connectivity index (χ1) is 12.8. The van der Waals surface area contributed by atoms with Crippen molar-refractivity contribution < 1.29 is 0 Å². The maximum Gasteiger partial charge on any atom is 0.250 e. The summed E-state index contributed by atoms with van der Waals surface area (Å²) in [5, 5.41) is 4.34. The van der Waals surface area contributed by atoms with Crippen LogP contribution in [0.5, 0.6) is 0 Å². The summed E-state index contributed by atoms with van der Waals surface area (Å²) in [5.74, 6) is 2.02. The predicted molar refractivity (Wildman–Crippen MR) is 105 cm³/mol. The quantitative estimate of drug-likeness (QED) is 0.660. The number of aryl methyl sites for hydroxylation is 1. The average Bonchev–Trinajstić information content (AvgIpc) is 3.37. The lowest BCUT2D eigenvalue weighted by atomic mass is 10.1. The van der Waals surface area contributed by atoms with Gasteiger partial charge in [0.05, 0.1) is 6.21 Å². The lowest BCUT2D eigenvalue weighted by Crippen LogP contribution is -2.25. The number of rotatable bonds is 5. The molecule has 26 heavy (non-hydrogen) atoms. The van der Waals surface area contributed by atoms with Crippen molar-refractivity contribution >= 4 is 24.1 Å². The van der Waals surface area contributed by atoms with Crippen LogP contribution in [0.1, 0.15) is 36.8 Å². The highest BCUT2D eigenvalue weighted by Crippen LogP contribution is 2.22. The lowest BCUT2D eigenvalue weighted by Gasteiger charge is -2.20. The van der Waals surface area contributed by atoms with Crippen LogP contribution in [0.15, 0.2) is 29.4 Å². The van der Waals surface area contributed by atoms with Gasteiger partial charge in [-0.3, -0.25) is 0 Å². The molecule has 4 rings (SSSR count). The van der Waals surface area contributed by atoms with Gasteiger partial charge in [0.25, 0.3) is 0 Å². The van der Waals surface area contributed by atoms with Crippen LogP contribution < -0.4 is 15.2 Å². The number of hydrazone groups is 1. The van der Waals surface area contributed by atoms with E-state index in [1.807, 2.05) is 24.4 Å². The van der Waals surface area contributed by atoms with Crippen molar-refractivity contribution in [2.75, 3.05) is 41.4 Å². The zero-order valence-corrected chi connectivity index (χ0v) is 15.2. The molecule has 0 spiro atoms. The van der Waals surface area contributed by atoms with Gasteiger partial charge in [0.1, 0.15) is 0 Å². The van der Waals surface area contributed by atoms with Gasteiger partial charge in [0, 0.05) is 26.2 Å². The minimum atomic E-state index is 0.508. The molecule has 2 aromatic rings. The summed E-state index contributed by atoms with van der Waals surface area (Å²) in [6, 6.07) is 8.14. The van der Waals surface area contributed by atoms with Crippen LogP contribution in [0.3, 0.4) is 0 Å². The van der Waals surface area contributed by atoms with Crippen molar-refractivity contribution in [1.82, 2.24) is 15.0 Å². The Morgan fingerprint density at radius 1 is 0.885 bits per heavy atom. The second kappa shape index (κ2) is 7.68. The molecule has 2 aliphatic rings. The molecule has 2 aliphatic heterocycles. The molecule has 3 heterocycles.